The second kappa shape index (κ2) is 9.19. The highest BCUT2D eigenvalue weighted by Crippen LogP contribution is 2.28. The van der Waals surface area contributed by atoms with Gasteiger partial charge in [0, 0.05) is 27.5 Å². The molecule has 3 aromatic rings. The fourth-order valence-corrected chi connectivity index (χ4v) is 4.18. The van der Waals surface area contributed by atoms with Crippen molar-refractivity contribution in [2.45, 2.75) is 4.90 Å². The monoisotopic (exact) mass is 490 g/mol. The van der Waals surface area contributed by atoms with E-state index in [2.05, 4.69) is 26.0 Å². The van der Waals surface area contributed by atoms with Crippen LogP contribution < -0.4 is 19.5 Å². The minimum Gasteiger partial charge on any atom is -0.497 e. The number of anilines is 2. The average molecular weight is 491 g/mol. The van der Waals surface area contributed by atoms with Crippen LogP contribution in [-0.4, -0.2) is 28.5 Å². The number of hydrogen-bond acceptors (Lipinski definition) is 5. The Balaban J connectivity index is 1.90. The molecule has 1 amide bonds. The Kier molecular flexibility index (Phi) is 6.63. The summed E-state index contributed by atoms with van der Waals surface area (Å²) in [5.74, 6) is 0.244. The van der Waals surface area contributed by atoms with Gasteiger partial charge in [-0.25, -0.2) is 8.42 Å². The molecule has 30 heavy (non-hydrogen) atoms. The van der Waals surface area contributed by atoms with Crippen LogP contribution in [-0.2, 0) is 10.0 Å². The van der Waals surface area contributed by atoms with E-state index < -0.39 is 15.9 Å². The first-order chi connectivity index (χ1) is 14.3. The summed E-state index contributed by atoms with van der Waals surface area (Å²) in [5, 5.41) is 2.72. The van der Waals surface area contributed by atoms with Crippen LogP contribution >= 0.6 is 15.9 Å². The third kappa shape index (κ3) is 5.11. The van der Waals surface area contributed by atoms with Gasteiger partial charge in [-0.1, -0.05) is 22.0 Å². The molecule has 0 aliphatic heterocycles. The average Bonchev–Trinajstić information content (AvgIpc) is 2.74. The Morgan fingerprint density at radius 2 is 1.63 bits per heavy atom. The van der Waals surface area contributed by atoms with Gasteiger partial charge in [0.05, 0.1) is 14.2 Å². The van der Waals surface area contributed by atoms with Gasteiger partial charge in [-0.15, -0.1) is 0 Å². The second-order valence-corrected chi connectivity index (χ2v) is 8.73. The molecular weight excluding hydrogens is 472 g/mol. The van der Waals surface area contributed by atoms with Gasteiger partial charge in [0.2, 0.25) is 0 Å². The van der Waals surface area contributed by atoms with E-state index in [1.165, 1.54) is 32.4 Å². The standard InChI is InChI=1S/C21H19BrN2O5S/c1-28-18-5-3-4-17(13-18)23-21(25)14-6-11-19(29-2)20(12-14)30(26,27)24-16-9-7-15(22)8-10-16/h3-13,24H,1-2H3,(H,23,25). The van der Waals surface area contributed by atoms with E-state index in [-0.39, 0.29) is 16.2 Å². The van der Waals surface area contributed by atoms with Crippen LogP contribution in [0.5, 0.6) is 11.5 Å². The number of halogens is 1. The van der Waals surface area contributed by atoms with Crippen molar-refractivity contribution in [3.8, 4) is 11.5 Å². The molecule has 3 aromatic carbocycles. The summed E-state index contributed by atoms with van der Waals surface area (Å²) < 4.78 is 39.5. The van der Waals surface area contributed by atoms with Crippen LogP contribution in [0, 0.1) is 0 Å². The molecule has 0 fully saturated rings. The minimum atomic E-state index is -4.00. The zero-order chi connectivity index (χ0) is 21.7. The van der Waals surface area contributed by atoms with Crippen LogP contribution in [0.1, 0.15) is 10.4 Å². The van der Waals surface area contributed by atoms with Crippen LogP contribution in [0.3, 0.4) is 0 Å². The summed E-state index contributed by atoms with van der Waals surface area (Å²) in [5.41, 5.74) is 1.06. The fraction of sp³-hybridized carbons (Fsp3) is 0.0952. The van der Waals surface area contributed by atoms with Crippen LogP contribution in [0.25, 0.3) is 0 Å². The van der Waals surface area contributed by atoms with Gasteiger partial charge >= 0.3 is 0 Å². The summed E-state index contributed by atoms with van der Waals surface area (Å²) in [6, 6.07) is 17.7. The predicted molar refractivity (Wildman–Crippen MR) is 119 cm³/mol. The van der Waals surface area contributed by atoms with Crippen molar-refractivity contribution in [3.63, 3.8) is 0 Å². The number of rotatable bonds is 7. The van der Waals surface area contributed by atoms with Crippen LogP contribution in [0.15, 0.2) is 76.1 Å². The quantitative estimate of drug-likeness (QED) is 0.507. The number of benzene rings is 3. The Bertz CT molecular complexity index is 1160. The minimum absolute atomic E-state index is 0.123. The van der Waals surface area contributed by atoms with Crippen molar-refractivity contribution in [2.75, 3.05) is 24.3 Å². The van der Waals surface area contributed by atoms with Crippen molar-refractivity contribution in [1.29, 1.82) is 0 Å². The predicted octanol–water partition coefficient (Wildman–Crippen LogP) is 4.52. The van der Waals surface area contributed by atoms with E-state index in [4.69, 9.17) is 9.47 Å². The molecule has 0 bridgehead atoms. The summed E-state index contributed by atoms with van der Waals surface area (Å²) in [6.07, 6.45) is 0. The van der Waals surface area contributed by atoms with Gasteiger partial charge in [-0.3, -0.25) is 9.52 Å². The molecule has 0 aromatic heterocycles. The first-order valence-corrected chi connectivity index (χ1v) is 11.0. The maximum Gasteiger partial charge on any atom is 0.265 e. The lowest BCUT2D eigenvalue weighted by Crippen LogP contribution is -2.17. The molecule has 0 unspecified atom stereocenters. The molecule has 0 saturated carbocycles. The van der Waals surface area contributed by atoms with Gasteiger partial charge in [0.15, 0.2) is 0 Å². The number of amides is 1. The summed E-state index contributed by atoms with van der Waals surface area (Å²) in [7, 11) is -1.11. The maximum atomic E-state index is 12.9. The zero-order valence-corrected chi connectivity index (χ0v) is 18.6. The molecule has 2 N–H and O–H groups in total. The lowest BCUT2D eigenvalue weighted by Gasteiger charge is -2.13. The lowest BCUT2D eigenvalue weighted by atomic mass is 10.2. The van der Waals surface area contributed by atoms with Gasteiger partial charge in [0.1, 0.15) is 16.4 Å². The van der Waals surface area contributed by atoms with E-state index in [9.17, 15) is 13.2 Å². The number of carbonyl (C=O) groups is 1. The maximum absolute atomic E-state index is 12.9. The molecule has 0 aliphatic carbocycles. The van der Waals surface area contributed by atoms with E-state index in [1.54, 1.807) is 48.5 Å². The summed E-state index contributed by atoms with van der Waals surface area (Å²) >= 11 is 3.30. The molecule has 0 atom stereocenters. The van der Waals surface area contributed by atoms with Crippen molar-refractivity contribution >= 4 is 43.2 Å². The molecule has 0 aliphatic rings. The SMILES string of the molecule is COc1cccc(NC(=O)c2ccc(OC)c(S(=O)(=O)Nc3ccc(Br)cc3)c2)c1. The van der Waals surface area contributed by atoms with E-state index >= 15 is 0 Å². The Morgan fingerprint density at radius 3 is 2.30 bits per heavy atom. The molecule has 0 heterocycles. The normalized spacial score (nSPS) is 10.9. The number of carbonyl (C=O) groups excluding carboxylic acids is 1. The first-order valence-electron chi connectivity index (χ1n) is 8.74. The molecule has 156 valence electrons. The highest BCUT2D eigenvalue weighted by Gasteiger charge is 2.22. The third-order valence-electron chi connectivity index (χ3n) is 4.14. The Hall–Kier alpha value is -3.04. The zero-order valence-electron chi connectivity index (χ0n) is 16.2. The highest BCUT2D eigenvalue weighted by atomic mass is 79.9. The van der Waals surface area contributed by atoms with Crippen molar-refractivity contribution in [2.24, 2.45) is 0 Å². The van der Waals surface area contributed by atoms with Crippen LogP contribution in [0.4, 0.5) is 11.4 Å². The highest BCUT2D eigenvalue weighted by molar-refractivity contribution is 9.10. The first kappa shape index (κ1) is 21.7. The smallest absolute Gasteiger partial charge is 0.265 e. The molecule has 0 spiro atoms. The number of sulfonamides is 1. The largest absolute Gasteiger partial charge is 0.497 e. The van der Waals surface area contributed by atoms with E-state index in [0.29, 0.717) is 17.1 Å². The Labute approximate surface area is 183 Å². The molecule has 0 radical (unpaired) electrons. The molecular formula is C21H19BrN2O5S. The van der Waals surface area contributed by atoms with E-state index in [0.717, 1.165) is 4.47 Å². The number of hydrogen-bond donors (Lipinski definition) is 2. The van der Waals surface area contributed by atoms with Crippen molar-refractivity contribution < 1.29 is 22.7 Å². The lowest BCUT2D eigenvalue weighted by molar-refractivity contribution is 0.102. The number of nitrogens with one attached hydrogen (secondary N) is 2. The van der Waals surface area contributed by atoms with Gasteiger partial charge in [-0.2, -0.15) is 0 Å². The topological polar surface area (TPSA) is 93.7 Å². The number of methoxy groups -OCH3 is 2. The third-order valence-corrected chi connectivity index (χ3v) is 6.07. The second-order valence-electron chi connectivity index (χ2n) is 6.16. The Morgan fingerprint density at radius 1 is 0.900 bits per heavy atom. The summed E-state index contributed by atoms with van der Waals surface area (Å²) in [4.78, 5) is 12.5. The molecule has 7 nitrogen and oxygen atoms in total. The van der Waals surface area contributed by atoms with Crippen molar-refractivity contribution in [1.82, 2.24) is 0 Å². The fourth-order valence-electron chi connectivity index (χ4n) is 2.66. The van der Waals surface area contributed by atoms with Crippen molar-refractivity contribution in [3.05, 3.63) is 76.8 Å². The van der Waals surface area contributed by atoms with E-state index in [1.807, 2.05) is 0 Å². The molecule has 0 saturated heterocycles. The molecule has 9 heteroatoms. The number of ether oxygens (including phenoxy) is 2. The van der Waals surface area contributed by atoms with Gasteiger partial charge < -0.3 is 14.8 Å². The molecule has 3 rings (SSSR count). The van der Waals surface area contributed by atoms with Gasteiger partial charge in [0.25, 0.3) is 15.9 Å². The summed E-state index contributed by atoms with van der Waals surface area (Å²) in [6.45, 7) is 0. The van der Waals surface area contributed by atoms with Gasteiger partial charge in [-0.05, 0) is 54.6 Å². The van der Waals surface area contributed by atoms with Crippen LogP contribution in [0.2, 0.25) is 0 Å².